The summed E-state index contributed by atoms with van der Waals surface area (Å²) in [7, 11) is 1.69. The molecule has 0 fully saturated rings. The van der Waals surface area contributed by atoms with Gasteiger partial charge in [0.25, 0.3) is 0 Å². The van der Waals surface area contributed by atoms with Crippen LogP contribution in [0, 0.1) is 6.92 Å². The molecule has 0 aliphatic heterocycles. The number of nitrogens with zero attached hydrogens (tertiary/aromatic N) is 2. The van der Waals surface area contributed by atoms with E-state index < -0.39 is 0 Å². The molecule has 0 saturated carbocycles. The van der Waals surface area contributed by atoms with Crippen molar-refractivity contribution in [2.75, 3.05) is 13.7 Å². The molecule has 0 bridgehead atoms. The van der Waals surface area contributed by atoms with Gasteiger partial charge in [-0.1, -0.05) is 10.3 Å². The van der Waals surface area contributed by atoms with Gasteiger partial charge in [0.2, 0.25) is 0 Å². The van der Waals surface area contributed by atoms with Gasteiger partial charge >= 0.3 is 0 Å². The van der Waals surface area contributed by atoms with E-state index in [1.807, 2.05) is 6.92 Å². The first-order chi connectivity index (χ1) is 6.55. The van der Waals surface area contributed by atoms with Crippen LogP contribution in [0.2, 0.25) is 0 Å². The summed E-state index contributed by atoms with van der Waals surface area (Å²) in [6.45, 7) is 7.30. The van der Waals surface area contributed by atoms with E-state index in [1.54, 1.807) is 7.11 Å². The zero-order valence-electron chi connectivity index (χ0n) is 9.13. The van der Waals surface area contributed by atoms with Crippen LogP contribution in [0.15, 0.2) is 4.63 Å². The molecule has 0 aliphatic carbocycles. The van der Waals surface area contributed by atoms with Crippen molar-refractivity contribution < 1.29 is 9.37 Å². The summed E-state index contributed by atoms with van der Waals surface area (Å²) in [5, 5.41) is 10.8. The Balaban J connectivity index is 2.44. The summed E-state index contributed by atoms with van der Waals surface area (Å²) < 4.78 is 9.68. The first kappa shape index (κ1) is 11.1. The average Bonchev–Trinajstić information content (AvgIpc) is 2.48. The molecule has 0 aliphatic rings. The number of ether oxygens (including phenoxy) is 1. The second-order valence-electron chi connectivity index (χ2n) is 3.97. The maximum Gasteiger partial charge on any atom is 0.121 e. The molecule has 0 atom stereocenters. The second-order valence-corrected chi connectivity index (χ2v) is 3.97. The number of hydrogen-bond acceptors (Lipinski definition) is 5. The molecule has 5 nitrogen and oxygen atoms in total. The van der Waals surface area contributed by atoms with Gasteiger partial charge in [-0.2, -0.15) is 0 Å². The summed E-state index contributed by atoms with van der Waals surface area (Å²) in [6.07, 6.45) is 0. The molecule has 0 saturated heterocycles. The van der Waals surface area contributed by atoms with Crippen molar-refractivity contribution in [3.05, 3.63) is 11.4 Å². The van der Waals surface area contributed by atoms with Gasteiger partial charge in [0, 0.05) is 19.2 Å². The van der Waals surface area contributed by atoms with E-state index in [9.17, 15) is 0 Å². The van der Waals surface area contributed by atoms with Crippen LogP contribution in [0.4, 0.5) is 0 Å². The molecule has 0 unspecified atom stereocenters. The third-order valence-electron chi connectivity index (χ3n) is 1.99. The van der Waals surface area contributed by atoms with Crippen LogP contribution < -0.4 is 5.32 Å². The minimum Gasteiger partial charge on any atom is -0.383 e. The van der Waals surface area contributed by atoms with Gasteiger partial charge in [0.05, 0.1) is 6.61 Å². The normalized spacial score (nSPS) is 12.0. The van der Waals surface area contributed by atoms with Crippen LogP contribution in [0.1, 0.15) is 25.2 Å². The number of methoxy groups -OCH3 is 1. The second kappa shape index (κ2) is 4.52. The van der Waals surface area contributed by atoms with Gasteiger partial charge in [-0.15, -0.1) is 0 Å². The number of rotatable bonds is 5. The van der Waals surface area contributed by atoms with E-state index in [4.69, 9.17) is 4.74 Å². The molecule has 0 radical (unpaired) electrons. The summed E-state index contributed by atoms with van der Waals surface area (Å²) in [6, 6.07) is 0. The number of hydrogen-bond donors (Lipinski definition) is 1. The van der Waals surface area contributed by atoms with E-state index in [1.165, 1.54) is 0 Å². The zero-order valence-corrected chi connectivity index (χ0v) is 9.13. The van der Waals surface area contributed by atoms with Crippen LogP contribution in [0.5, 0.6) is 0 Å². The first-order valence-corrected chi connectivity index (χ1v) is 4.57. The highest BCUT2D eigenvalue weighted by molar-refractivity contribution is 5.04. The van der Waals surface area contributed by atoms with Crippen LogP contribution in [-0.4, -0.2) is 29.6 Å². The Labute approximate surface area is 83.8 Å². The van der Waals surface area contributed by atoms with Crippen molar-refractivity contribution in [1.82, 2.24) is 15.6 Å². The summed E-state index contributed by atoms with van der Waals surface area (Å²) >= 11 is 0. The van der Waals surface area contributed by atoms with Crippen molar-refractivity contribution in [3.63, 3.8) is 0 Å². The van der Waals surface area contributed by atoms with Gasteiger partial charge in [-0.05, 0) is 20.8 Å². The van der Waals surface area contributed by atoms with Crippen molar-refractivity contribution >= 4 is 0 Å². The molecule has 0 spiro atoms. The van der Waals surface area contributed by atoms with Crippen molar-refractivity contribution in [2.24, 2.45) is 0 Å². The minimum absolute atomic E-state index is 0.0693. The fourth-order valence-corrected chi connectivity index (χ4v) is 1.14. The van der Waals surface area contributed by atoms with E-state index in [2.05, 4.69) is 34.1 Å². The highest BCUT2D eigenvalue weighted by Gasteiger charge is 2.17. The molecule has 14 heavy (non-hydrogen) atoms. The third-order valence-corrected chi connectivity index (χ3v) is 1.99. The van der Waals surface area contributed by atoms with Crippen LogP contribution in [-0.2, 0) is 11.3 Å². The molecule has 1 aromatic rings. The lowest BCUT2D eigenvalue weighted by Gasteiger charge is -2.24. The van der Waals surface area contributed by atoms with Crippen LogP contribution in [0.3, 0.4) is 0 Å². The molecular formula is C9H17N3O2. The largest absolute Gasteiger partial charge is 0.383 e. The quantitative estimate of drug-likeness (QED) is 0.763. The highest BCUT2D eigenvalue weighted by atomic mass is 16.6. The van der Waals surface area contributed by atoms with E-state index >= 15 is 0 Å². The van der Waals surface area contributed by atoms with Gasteiger partial charge < -0.3 is 10.1 Å². The lowest BCUT2D eigenvalue weighted by Crippen LogP contribution is -2.42. The molecule has 1 N–H and O–H groups in total. The standard InChI is InChI=1S/C9H17N3O2/c1-7-8(12-14-11-7)5-10-9(2,3)6-13-4/h10H,5-6H2,1-4H3. The summed E-state index contributed by atoms with van der Waals surface area (Å²) in [4.78, 5) is 0. The van der Waals surface area contributed by atoms with Crippen molar-refractivity contribution in [2.45, 2.75) is 32.9 Å². The molecule has 1 heterocycles. The van der Waals surface area contributed by atoms with E-state index in [-0.39, 0.29) is 5.54 Å². The molecule has 1 rings (SSSR count). The number of nitrogens with one attached hydrogen (secondary N) is 1. The maximum absolute atomic E-state index is 5.08. The topological polar surface area (TPSA) is 60.2 Å². The monoisotopic (exact) mass is 199 g/mol. The Morgan fingerprint density at radius 1 is 1.43 bits per heavy atom. The first-order valence-electron chi connectivity index (χ1n) is 4.57. The maximum atomic E-state index is 5.08. The lowest BCUT2D eigenvalue weighted by atomic mass is 10.1. The summed E-state index contributed by atoms with van der Waals surface area (Å²) in [5.74, 6) is 0. The molecule has 0 amide bonds. The van der Waals surface area contributed by atoms with Gasteiger partial charge in [-0.25, -0.2) is 4.63 Å². The third kappa shape index (κ3) is 3.08. The predicted molar refractivity (Wildman–Crippen MR) is 51.8 cm³/mol. The molecule has 5 heteroatoms. The van der Waals surface area contributed by atoms with Crippen LogP contribution in [0.25, 0.3) is 0 Å². The SMILES string of the molecule is COCC(C)(C)NCc1nonc1C. The van der Waals surface area contributed by atoms with Crippen LogP contribution >= 0.6 is 0 Å². The van der Waals surface area contributed by atoms with Gasteiger partial charge in [0.15, 0.2) is 0 Å². The Kier molecular flexibility index (Phi) is 3.60. The zero-order chi connectivity index (χ0) is 10.6. The molecule has 0 aromatic carbocycles. The molecular weight excluding hydrogens is 182 g/mol. The fraction of sp³-hybridized carbons (Fsp3) is 0.778. The van der Waals surface area contributed by atoms with E-state index in [0.717, 1.165) is 11.4 Å². The Bertz CT molecular complexity index is 283. The number of aryl methyl sites for hydroxylation is 1. The van der Waals surface area contributed by atoms with E-state index in [0.29, 0.717) is 13.2 Å². The van der Waals surface area contributed by atoms with Crippen molar-refractivity contribution in [1.29, 1.82) is 0 Å². The van der Waals surface area contributed by atoms with Gasteiger partial charge in [-0.3, -0.25) is 0 Å². The highest BCUT2D eigenvalue weighted by Crippen LogP contribution is 2.06. The fourth-order valence-electron chi connectivity index (χ4n) is 1.14. The summed E-state index contributed by atoms with van der Waals surface area (Å²) in [5.41, 5.74) is 1.60. The Morgan fingerprint density at radius 2 is 2.14 bits per heavy atom. The lowest BCUT2D eigenvalue weighted by molar-refractivity contribution is 0.127. The molecule has 80 valence electrons. The molecule has 1 aromatic heterocycles. The smallest absolute Gasteiger partial charge is 0.121 e. The number of aromatic nitrogens is 2. The Hall–Kier alpha value is -0.940. The van der Waals surface area contributed by atoms with Gasteiger partial charge in [0.1, 0.15) is 11.4 Å². The van der Waals surface area contributed by atoms with Crippen molar-refractivity contribution in [3.8, 4) is 0 Å². The predicted octanol–water partition coefficient (Wildman–Crippen LogP) is 0.893. The Morgan fingerprint density at radius 3 is 2.64 bits per heavy atom. The minimum atomic E-state index is -0.0693. The average molecular weight is 199 g/mol.